The molecule has 1 N–H and O–H groups in total. The average Bonchev–Trinajstić information content (AvgIpc) is 2.34. The highest BCUT2D eigenvalue weighted by atomic mass is 35.5. The van der Waals surface area contributed by atoms with Crippen molar-refractivity contribution in [3.63, 3.8) is 0 Å². The van der Waals surface area contributed by atoms with Crippen LogP contribution >= 0.6 is 12.4 Å². The molecule has 3 nitrogen and oxygen atoms in total. The number of ether oxygens (including phenoxy) is 2. The maximum atomic E-state index is 5.63. The Hall–Kier alpha value is -0.930. The summed E-state index contributed by atoms with van der Waals surface area (Å²) in [6, 6.07) is 6.11. The molecule has 0 aliphatic rings. The largest absolute Gasteiger partial charge is 0.493 e. The molecule has 0 aliphatic carbocycles. The highest BCUT2D eigenvalue weighted by Crippen LogP contribution is 2.29. The van der Waals surface area contributed by atoms with Crippen molar-refractivity contribution in [2.75, 3.05) is 13.7 Å². The Morgan fingerprint density at radius 3 is 2.18 bits per heavy atom. The topological polar surface area (TPSA) is 30.5 Å². The van der Waals surface area contributed by atoms with E-state index in [1.165, 1.54) is 5.56 Å². The van der Waals surface area contributed by atoms with Gasteiger partial charge in [0, 0.05) is 12.1 Å². The lowest BCUT2D eigenvalue weighted by Crippen LogP contribution is -2.41. The van der Waals surface area contributed by atoms with Crippen molar-refractivity contribution in [2.45, 2.75) is 60.0 Å². The van der Waals surface area contributed by atoms with Gasteiger partial charge in [-0.3, -0.25) is 0 Å². The fourth-order valence-electron chi connectivity index (χ4n) is 2.83. The molecule has 0 bridgehead atoms. The van der Waals surface area contributed by atoms with Gasteiger partial charge in [0.25, 0.3) is 0 Å². The highest BCUT2D eigenvalue weighted by Gasteiger charge is 2.24. The van der Waals surface area contributed by atoms with Gasteiger partial charge in [0.1, 0.15) is 0 Å². The summed E-state index contributed by atoms with van der Waals surface area (Å²) in [5, 5.41) is 3.64. The minimum Gasteiger partial charge on any atom is -0.493 e. The van der Waals surface area contributed by atoms with Gasteiger partial charge in [0.05, 0.1) is 13.7 Å². The normalized spacial score (nSPS) is 11.8. The molecular weight excluding hydrogens is 298 g/mol. The lowest BCUT2D eigenvalue weighted by molar-refractivity contribution is 0.240. The first-order valence-corrected chi connectivity index (χ1v) is 7.71. The molecule has 0 aliphatic heterocycles. The highest BCUT2D eigenvalue weighted by molar-refractivity contribution is 5.85. The van der Waals surface area contributed by atoms with Gasteiger partial charge in [-0.15, -0.1) is 12.4 Å². The van der Waals surface area contributed by atoms with Crippen LogP contribution in [0.1, 0.15) is 53.5 Å². The van der Waals surface area contributed by atoms with Crippen molar-refractivity contribution >= 4 is 12.4 Å². The molecule has 1 aromatic rings. The predicted molar refractivity (Wildman–Crippen MR) is 96.4 cm³/mol. The molecular formula is C18H32ClNO2. The summed E-state index contributed by atoms with van der Waals surface area (Å²) in [4.78, 5) is 0. The summed E-state index contributed by atoms with van der Waals surface area (Å²) in [5.41, 5.74) is 1.62. The molecule has 4 heteroatoms. The second kappa shape index (κ2) is 8.64. The number of benzene rings is 1. The first kappa shape index (κ1) is 21.1. The standard InChI is InChI=1S/C18H31NO2.ClH/c1-8-21-16-11-14(9-10-15(16)20-7)12-19-18(5,6)13-17(2,3)4;/h9-11,19H,8,12-13H2,1-7H3;1H. The fourth-order valence-corrected chi connectivity index (χ4v) is 2.83. The van der Waals surface area contributed by atoms with Crippen molar-refractivity contribution < 1.29 is 9.47 Å². The van der Waals surface area contributed by atoms with E-state index < -0.39 is 0 Å². The van der Waals surface area contributed by atoms with Gasteiger partial charge >= 0.3 is 0 Å². The van der Waals surface area contributed by atoms with Crippen LogP contribution in [0, 0.1) is 5.41 Å². The van der Waals surface area contributed by atoms with E-state index in [2.05, 4.69) is 52.1 Å². The van der Waals surface area contributed by atoms with Gasteiger partial charge in [-0.1, -0.05) is 26.8 Å². The summed E-state index contributed by atoms with van der Waals surface area (Å²) in [6.45, 7) is 14.8. The van der Waals surface area contributed by atoms with Crippen LogP contribution in [0.2, 0.25) is 0 Å². The Bertz CT molecular complexity index is 453. The molecule has 0 radical (unpaired) electrons. The van der Waals surface area contributed by atoms with Gasteiger partial charge in [0.2, 0.25) is 0 Å². The van der Waals surface area contributed by atoms with E-state index in [0.717, 1.165) is 24.5 Å². The molecule has 128 valence electrons. The van der Waals surface area contributed by atoms with Crippen molar-refractivity contribution in [1.29, 1.82) is 0 Å². The van der Waals surface area contributed by atoms with E-state index in [9.17, 15) is 0 Å². The van der Waals surface area contributed by atoms with Crippen molar-refractivity contribution in [3.8, 4) is 11.5 Å². The van der Waals surface area contributed by atoms with Crippen LogP contribution in [-0.4, -0.2) is 19.3 Å². The summed E-state index contributed by atoms with van der Waals surface area (Å²) in [6.07, 6.45) is 1.12. The summed E-state index contributed by atoms with van der Waals surface area (Å²) in [5.74, 6) is 1.60. The molecule has 0 amide bonds. The first-order valence-electron chi connectivity index (χ1n) is 7.71. The summed E-state index contributed by atoms with van der Waals surface area (Å²) in [7, 11) is 1.67. The number of rotatable bonds is 7. The SMILES string of the molecule is CCOc1cc(CNC(C)(C)CC(C)(C)C)ccc1OC.Cl. The van der Waals surface area contributed by atoms with Crippen molar-refractivity contribution in [1.82, 2.24) is 5.32 Å². The summed E-state index contributed by atoms with van der Waals surface area (Å²) >= 11 is 0. The van der Waals surface area contributed by atoms with E-state index in [-0.39, 0.29) is 17.9 Å². The van der Waals surface area contributed by atoms with E-state index >= 15 is 0 Å². The Balaban J connectivity index is 0.00000441. The molecule has 0 saturated carbocycles. The maximum absolute atomic E-state index is 5.63. The fraction of sp³-hybridized carbons (Fsp3) is 0.667. The second-order valence-electron chi connectivity index (χ2n) is 7.39. The van der Waals surface area contributed by atoms with E-state index in [1.807, 2.05) is 13.0 Å². The third kappa shape index (κ3) is 7.37. The van der Waals surface area contributed by atoms with Crippen molar-refractivity contribution in [3.05, 3.63) is 23.8 Å². The van der Waals surface area contributed by atoms with Crippen LogP contribution < -0.4 is 14.8 Å². The maximum Gasteiger partial charge on any atom is 0.161 e. The molecule has 0 heterocycles. The van der Waals surface area contributed by atoms with Crippen LogP contribution in [0.15, 0.2) is 18.2 Å². The van der Waals surface area contributed by atoms with Crippen LogP contribution in [-0.2, 0) is 6.54 Å². The van der Waals surface area contributed by atoms with Gasteiger partial charge < -0.3 is 14.8 Å². The summed E-state index contributed by atoms with van der Waals surface area (Å²) < 4.78 is 10.9. The number of methoxy groups -OCH3 is 1. The van der Waals surface area contributed by atoms with Gasteiger partial charge in [-0.05, 0) is 50.3 Å². The van der Waals surface area contributed by atoms with Gasteiger partial charge in [-0.25, -0.2) is 0 Å². The molecule has 1 aromatic carbocycles. The third-order valence-corrected chi connectivity index (χ3v) is 3.27. The first-order chi connectivity index (χ1) is 9.67. The molecule has 0 aromatic heterocycles. The zero-order chi connectivity index (χ0) is 16.1. The predicted octanol–water partition coefficient (Wildman–Crippen LogP) is 4.82. The smallest absolute Gasteiger partial charge is 0.161 e. The van der Waals surface area contributed by atoms with E-state index in [1.54, 1.807) is 7.11 Å². The second-order valence-corrected chi connectivity index (χ2v) is 7.39. The molecule has 0 atom stereocenters. The van der Waals surface area contributed by atoms with Crippen LogP contribution in [0.4, 0.5) is 0 Å². The molecule has 0 fully saturated rings. The number of hydrogen-bond donors (Lipinski definition) is 1. The van der Waals surface area contributed by atoms with E-state index in [0.29, 0.717) is 12.0 Å². The monoisotopic (exact) mass is 329 g/mol. The number of nitrogens with one attached hydrogen (secondary N) is 1. The lowest BCUT2D eigenvalue weighted by Gasteiger charge is -2.33. The zero-order valence-electron chi connectivity index (χ0n) is 15.1. The Morgan fingerprint density at radius 2 is 1.68 bits per heavy atom. The van der Waals surface area contributed by atoms with Crippen LogP contribution in [0.25, 0.3) is 0 Å². The average molecular weight is 330 g/mol. The molecule has 22 heavy (non-hydrogen) atoms. The Kier molecular flexibility index (Phi) is 8.27. The minimum atomic E-state index is 0. The van der Waals surface area contributed by atoms with Crippen LogP contribution in [0.5, 0.6) is 11.5 Å². The molecule has 0 unspecified atom stereocenters. The molecule has 0 saturated heterocycles. The van der Waals surface area contributed by atoms with E-state index in [4.69, 9.17) is 9.47 Å². The lowest BCUT2D eigenvalue weighted by atomic mass is 9.82. The third-order valence-electron chi connectivity index (χ3n) is 3.27. The van der Waals surface area contributed by atoms with Gasteiger partial charge in [0.15, 0.2) is 11.5 Å². The van der Waals surface area contributed by atoms with Crippen LogP contribution in [0.3, 0.4) is 0 Å². The molecule has 0 spiro atoms. The number of hydrogen-bond acceptors (Lipinski definition) is 3. The minimum absolute atomic E-state index is 0. The number of halogens is 1. The van der Waals surface area contributed by atoms with Crippen molar-refractivity contribution in [2.24, 2.45) is 5.41 Å². The molecule has 1 rings (SSSR count). The Labute approximate surface area is 142 Å². The zero-order valence-corrected chi connectivity index (χ0v) is 15.9. The quantitative estimate of drug-likeness (QED) is 0.778. The van der Waals surface area contributed by atoms with Gasteiger partial charge in [-0.2, -0.15) is 0 Å². The Morgan fingerprint density at radius 1 is 1.05 bits per heavy atom.